The molecule has 1 aliphatic heterocycles. The molecule has 0 radical (unpaired) electrons. The second kappa shape index (κ2) is 7.58. The average molecular weight is 365 g/mol. The number of piperidine rings is 1. The van der Waals surface area contributed by atoms with Crippen LogP contribution in [0.4, 0.5) is 0 Å². The third-order valence-electron chi connectivity index (χ3n) is 5.37. The summed E-state index contributed by atoms with van der Waals surface area (Å²) in [6.45, 7) is 3.77. The van der Waals surface area contributed by atoms with E-state index in [4.69, 9.17) is 4.98 Å². The zero-order valence-corrected chi connectivity index (χ0v) is 15.9. The number of rotatable bonds is 4. The van der Waals surface area contributed by atoms with Crippen LogP contribution in [0.3, 0.4) is 0 Å². The molecule has 1 aliphatic rings. The van der Waals surface area contributed by atoms with Gasteiger partial charge in [0.25, 0.3) is 0 Å². The van der Waals surface area contributed by atoms with Crippen LogP contribution in [-0.2, 0) is 4.79 Å². The zero-order chi connectivity index (χ0) is 17.9. The topological polar surface area (TPSA) is 33.2 Å². The van der Waals surface area contributed by atoms with Crippen molar-refractivity contribution in [2.75, 3.05) is 13.1 Å². The van der Waals surface area contributed by atoms with Crippen molar-refractivity contribution < 1.29 is 4.79 Å². The van der Waals surface area contributed by atoms with E-state index in [0.717, 1.165) is 43.4 Å². The Morgan fingerprint density at radius 3 is 2.50 bits per heavy atom. The lowest BCUT2D eigenvalue weighted by molar-refractivity contribution is -0.134. The number of likely N-dealkylation sites (tertiary alicyclic amines) is 1. The van der Waals surface area contributed by atoms with Crippen LogP contribution >= 0.6 is 11.3 Å². The maximum Gasteiger partial charge on any atom is 0.230 e. The lowest BCUT2D eigenvalue weighted by atomic mass is 9.92. The molecule has 2 heterocycles. The quantitative estimate of drug-likeness (QED) is 0.638. The second-order valence-corrected chi connectivity index (χ2v) is 8.05. The number of thiazole rings is 1. The molecular formula is C22H24N2OS. The number of hydrogen-bond acceptors (Lipinski definition) is 3. The van der Waals surface area contributed by atoms with Crippen LogP contribution in [0.5, 0.6) is 0 Å². The monoisotopic (exact) mass is 364 g/mol. The number of carbonyl (C=O) groups excluding carboxylic acids is 1. The van der Waals surface area contributed by atoms with E-state index in [1.54, 1.807) is 11.3 Å². The fraction of sp³-hybridized carbons (Fsp3) is 0.364. The van der Waals surface area contributed by atoms with Crippen molar-refractivity contribution in [1.82, 2.24) is 9.88 Å². The predicted octanol–water partition coefficient (Wildman–Crippen LogP) is 5.20. The number of para-hydroxylation sites is 1. The van der Waals surface area contributed by atoms with Gasteiger partial charge in [0.2, 0.25) is 5.91 Å². The third kappa shape index (κ3) is 3.38. The van der Waals surface area contributed by atoms with Crippen molar-refractivity contribution in [3.05, 3.63) is 65.2 Å². The molecule has 1 atom stereocenters. The summed E-state index contributed by atoms with van der Waals surface area (Å²) in [5.74, 6) is 0.741. The molecule has 26 heavy (non-hydrogen) atoms. The van der Waals surface area contributed by atoms with Crippen molar-refractivity contribution in [2.24, 2.45) is 0 Å². The molecular weight excluding hydrogens is 340 g/mol. The number of amides is 1. The van der Waals surface area contributed by atoms with E-state index in [-0.39, 0.29) is 11.8 Å². The second-order valence-electron chi connectivity index (χ2n) is 6.99. The maximum atomic E-state index is 13.0. The Bertz CT molecular complexity index is 848. The standard InChI is InChI=1S/C22H24N2OS/c1-2-18(16-8-4-3-5-9-16)22(25)24-14-12-17(13-15-24)21-23-19-10-6-7-11-20(19)26-21/h3-11,17-18H,2,12-15H2,1H3. The van der Waals surface area contributed by atoms with Crippen LogP contribution in [0, 0.1) is 0 Å². The van der Waals surface area contributed by atoms with E-state index in [2.05, 4.69) is 42.2 Å². The summed E-state index contributed by atoms with van der Waals surface area (Å²) in [5, 5.41) is 1.23. The fourth-order valence-corrected chi connectivity index (χ4v) is 5.01. The number of fused-ring (bicyclic) bond motifs is 1. The summed E-state index contributed by atoms with van der Waals surface area (Å²) in [7, 11) is 0. The molecule has 0 bridgehead atoms. The number of carbonyl (C=O) groups is 1. The average Bonchev–Trinajstić information content (AvgIpc) is 3.14. The Hall–Kier alpha value is -2.20. The van der Waals surface area contributed by atoms with Gasteiger partial charge >= 0.3 is 0 Å². The van der Waals surface area contributed by atoms with Gasteiger partial charge < -0.3 is 4.90 Å². The largest absolute Gasteiger partial charge is 0.342 e. The third-order valence-corrected chi connectivity index (χ3v) is 6.57. The van der Waals surface area contributed by atoms with Crippen molar-refractivity contribution >= 4 is 27.5 Å². The Balaban J connectivity index is 1.43. The Labute approximate surface area is 158 Å². The molecule has 1 fully saturated rings. The minimum atomic E-state index is -0.0183. The molecule has 1 aromatic heterocycles. The van der Waals surface area contributed by atoms with E-state index in [0.29, 0.717) is 5.92 Å². The van der Waals surface area contributed by atoms with Crippen molar-refractivity contribution in [3.63, 3.8) is 0 Å². The first kappa shape index (κ1) is 17.2. The van der Waals surface area contributed by atoms with Crippen molar-refractivity contribution in [2.45, 2.75) is 38.0 Å². The SMILES string of the molecule is CCC(C(=O)N1CCC(c2nc3ccccc3s2)CC1)c1ccccc1. The first-order chi connectivity index (χ1) is 12.8. The van der Waals surface area contributed by atoms with Crippen LogP contribution in [0.15, 0.2) is 54.6 Å². The van der Waals surface area contributed by atoms with E-state index in [1.807, 2.05) is 24.3 Å². The molecule has 3 nitrogen and oxygen atoms in total. The fourth-order valence-electron chi connectivity index (χ4n) is 3.87. The lowest BCUT2D eigenvalue weighted by Gasteiger charge is -2.33. The van der Waals surface area contributed by atoms with Crippen LogP contribution in [-0.4, -0.2) is 28.9 Å². The van der Waals surface area contributed by atoms with Crippen LogP contribution in [0.2, 0.25) is 0 Å². The maximum absolute atomic E-state index is 13.0. The molecule has 1 amide bonds. The van der Waals surface area contributed by atoms with Gasteiger partial charge in [-0.25, -0.2) is 4.98 Å². The first-order valence-electron chi connectivity index (χ1n) is 9.45. The summed E-state index contributed by atoms with van der Waals surface area (Å²) in [6, 6.07) is 18.5. The molecule has 0 N–H and O–H groups in total. The molecule has 4 heteroatoms. The highest BCUT2D eigenvalue weighted by atomic mass is 32.1. The van der Waals surface area contributed by atoms with Gasteiger partial charge in [0.15, 0.2) is 0 Å². The normalized spacial score (nSPS) is 16.7. The summed E-state index contributed by atoms with van der Waals surface area (Å²) in [6.07, 6.45) is 2.87. The van der Waals surface area contributed by atoms with Gasteiger partial charge in [0.1, 0.15) is 0 Å². The predicted molar refractivity (Wildman–Crippen MR) is 108 cm³/mol. The Kier molecular flexibility index (Phi) is 5.02. The van der Waals surface area contributed by atoms with E-state index in [9.17, 15) is 4.79 Å². The number of benzene rings is 2. The van der Waals surface area contributed by atoms with E-state index in [1.165, 1.54) is 9.71 Å². The Morgan fingerprint density at radius 1 is 1.12 bits per heavy atom. The van der Waals surface area contributed by atoms with Crippen molar-refractivity contribution in [1.29, 1.82) is 0 Å². The van der Waals surface area contributed by atoms with Gasteiger partial charge in [0, 0.05) is 19.0 Å². The highest BCUT2D eigenvalue weighted by Crippen LogP contribution is 2.34. The summed E-state index contributed by atoms with van der Waals surface area (Å²) in [5.41, 5.74) is 2.23. The van der Waals surface area contributed by atoms with Gasteiger partial charge in [-0.2, -0.15) is 0 Å². The van der Waals surface area contributed by atoms with Gasteiger partial charge in [-0.15, -0.1) is 11.3 Å². The molecule has 134 valence electrons. The number of hydrogen-bond donors (Lipinski definition) is 0. The van der Waals surface area contributed by atoms with Crippen LogP contribution in [0.25, 0.3) is 10.2 Å². The van der Waals surface area contributed by atoms with Gasteiger partial charge in [0.05, 0.1) is 21.1 Å². The van der Waals surface area contributed by atoms with E-state index < -0.39 is 0 Å². The molecule has 1 unspecified atom stereocenters. The minimum Gasteiger partial charge on any atom is -0.342 e. The first-order valence-corrected chi connectivity index (χ1v) is 10.3. The molecule has 2 aromatic carbocycles. The van der Waals surface area contributed by atoms with Crippen LogP contribution in [0.1, 0.15) is 48.6 Å². The molecule has 0 saturated carbocycles. The Morgan fingerprint density at radius 2 is 1.81 bits per heavy atom. The molecule has 0 aliphatic carbocycles. The number of nitrogens with zero attached hydrogens (tertiary/aromatic N) is 2. The van der Waals surface area contributed by atoms with Gasteiger partial charge in [-0.1, -0.05) is 49.4 Å². The van der Waals surface area contributed by atoms with E-state index >= 15 is 0 Å². The molecule has 0 spiro atoms. The molecule has 3 aromatic rings. The molecule has 1 saturated heterocycles. The van der Waals surface area contributed by atoms with Gasteiger partial charge in [-0.3, -0.25) is 4.79 Å². The number of aromatic nitrogens is 1. The zero-order valence-electron chi connectivity index (χ0n) is 15.1. The minimum absolute atomic E-state index is 0.0183. The smallest absolute Gasteiger partial charge is 0.230 e. The van der Waals surface area contributed by atoms with Gasteiger partial charge in [-0.05, 0) is 37.0 Å². The van der Waals surface area contributed by atoms with Crippen LogP contribution < -0.4 is 0 Å². The summed E-state index contributed by atoms with van der Waals surface area (Å²) >= 11 is 1.81. The molecule has 4 rings (SSSR count). The lowest BCUT2D eigenvalue weighted by Crippen LogP contribution is -2.40. The highest BCUT2D eigenvalue weighted by Gasteiger charge is 2.29. The summed E-state index contributed by atoms with van der Waals surface area (Å²) in [4.78, 5) is 19.9. The van der Waals surface area contributed by atoms with Crippen molar-refractivity contribution in [3.8, 4) is 0 Å². The summed E-state index contributed by atoms with van der Waals surface area (Å²) < 4.78 is 1.26. The highest BCUT2D eigenvalue weighted by molar-refractivity contribution is 7.18.